The van der Waals surface area contributed by atoms with Crippen LogP contribution in [0.3, 0.4) is 0 Å². The smallest absolute Gasteiger partial charge is 0.358 e. The fourth-order valence-electron chi connectivity index (χ4n) is 2.97. The molecule has 2 unspecified atom stereocenters. The van der Waals surface area contributed by atoms with E-state index in [0.29, 0.717) is 31.3 Å². The summed E-state index contributed by atoms with van der Waals surface area (Å²) in [5, 5.41) is 10.7. The lowest BCUT2D eigenvalue weighted by molar-refractivity contribution is -0.389. The molecule has 1 aliphatic rings. The van der Waals surface area contributed by atoms with E-state index >= 15 is 0 Å². The number of rotatable bonds is 5. The summed E-state index contributed by atoms with van der Waals surface area (Å²) >= 11 is 0. The number of carbonyl (C=O) groups excluding carboxylic acids is 1. The molecule has 130 valence electrons. The lowest BCUT2D eigenvalue weighted by Crippen LogP contribution is -2.49. The van der Waals surface area contributed by atoms with Crippen molar-refractivity contribution in [2.75, 3.05) is 13.1 Å². The van der Waals surface area contributed by atoms with Gasteiger partial charge in [0, 0.05) is 39.0 Å². The molecular formula is C14H24ClN5O3. The molecule has 2 N–H and O–H groups in total. The molecule has 2 atom stereocenters. The summed E-state index contributed by atoms with van der Waals surface area (Å²) in [6.07, 6.45) is 3.62. The molecule has 2 heterocycles. The Bertz CT molecular complexity index is 563. The molecule has 0 saturated carbocycles. The summed E-state index contributed by atoms with van der Waals surface area (Å²) in [4.78, 5) is 28.3. The second-order valence-electron chi connectivity index (χ2n) is 5.95. The molecule has 0 aromatic carbocycles. The number of aromatic nitrogens is 2. The molecule has 23 heavy (non-hydrogen) atoms. The molecule has 1 aromatic heterocycles. The van der Waals surface area contributed by atoms with Gasteiger partial charge >= 0.3 is 5.82 Å². The molecule has 0 radical (unpaired) electrons. The molecule has 8 nitrogen and oxygen atoms in total. The Kier molecular flexibility index (Phi) is 6.96. The largest absolute Gasteiger partial charge is 0.381 e. The Hall–Kier alpha value is -1.67. The van der Waals surface area contributed by atoms with Gasteiger partial charge in [0.1, 0.15) is 6.20 Å². The number of nitro groups is 1. The Balaban J connectivity index is 0.00000264. The van der Waals surface area contributed by atoms with Gasteiger partial charge in [-0.3, -0.25) is 4.79 Å². The summed E-state index contributed by atoms with van der Waals surface area (Å²) in [5.74, 6) is 1.01. The monoisotopic (exact) mass is 345 g/mol. The highest BCUT2D eigenvalue weighted by molar-refractivity contribution is 5.85. The van der Waals surface area contributed by atoms with Crippen LogP contribution in [0.4, 0.5) is 5.82 Å². The number of hydrogen-bond donors (Lipinski definition) is 1. The predicted molar refractivity (Wildman–Crippen MR) is 88.4 cm³/mol. The number of halogens is 1. The highest BCUT2D eigenvalue weighted by Gasteiger charge is 2.28. The van der Waals surface area contributed by atoms with Crippen LogP contribution in [0.15, 0.2) is 6.20 Å². The van der Waals surface area contributed by atoms with Crippen LogP contribution in [0.1, 0.15) is 32.0 Å². The highest BCUT2D eigenvalue weighted by atomic mass is 35.5. The Morgan fingerprint density at radius 3 is 2.83 bits per heavy atom. The molecule has 1 aliphatic heterocycles. The number of nitrogens with two attached hydrogens (primary N) is 1. The molecule has 1 aromatic rings. The average molecular weight is 346 g/mol. The fourth-order valence-corrected chi connectivity index (χ4v) is 2.97. The van der Waals surface area contributed by atoms with E-state index in [9.17, 15) is 14.9 Å². The van der Waals surface area contributed by atoms with Crippen molar-refractivity contribution in [3.05, 3.63) is 22.1 Å². The van der Waals surface area contributed by atoms with Gasteiger partial charge in [-0.15, -0.1) is 12.4 Å². The Labute approximate surface area is 141 Å². The summed E-state index contributed by atoms with van der Waals surface area (Å²) in [5.41, 5.74) is 5.78. The van der Waals surface area contributed by atoms with Crippen LogP contribution in [0.5, 0.6) is 0 Å². The second-order valence-corrected chi connectivity index (χ2v) is 5.95. The first kappa shape index (κ1) is 19.4. The molecule has 2 rings (SSSR count). The first-order chi connectivity index (χ1) is 10.4. The maximum absolute atomic E-state index is 12.4. The van der Waals surface area contributed by atoms with Crippen LogP contribution in [-0.2, 0) is 11.3 Å². The van der Waals surface area contributed by atoms with E-state index in [1.807, 2.05) is 4.90 Å². The summed E-state index contributed by atoms with van der Waals surface area (Å²) < 4.78 is 1.65. The van der Waals surface area contributed by atoms with E-state index in [2.05, 4.69) is 11.9 Å². The van der Waals surface area contributed by atoms with Crippen LogP contribution in [0, 0.1) is 23.0 Å². The van der Waals surface area contributed by atoms with Crippen molar-refractivity contribution < 1.29 is 9.72 Å². The minimum Gasteiger partial charge on any atom is -0.358 e. The van der Waals surface area contributed by atoms with E-state index in [4.69, 9.17) is 5.73 Å². The van der Waals surface area contributed by atoms with Crippen molar-refractivity contribution in [1.82, 2.24) is 14.5 Å². The van der Waals surface area contributed by atoms with E-state index in [1.165, 1.54) is 6.20 Å². The van der Waals surface area contributed by atoms with Gasteiger partial charge in [0.2, 0.25) is 11.7 Å². The normalized spacial score (nSPS) is 20.9. The molecular weight excluding hydrogens is 322 g/mol. The fraction of sp³-hybridized carbons (Fsp3) is 0.714. The van der Waals surface area contributed by atoms with Crippen LogP contribution in [0.25, 0.3) is 0 Å². The topological polar surface area (TPSA) is 107 Å². The molecule has 1 amide bonds. The number of piperidine rings is 1. The standard InChI is InChI=1S/C14H23N5O3.ClH/c1-10-3-6-18(12(7-10)8-15)14(20)4-5-17-9-13(19(21)22)16-11(17)2;/h9-10,12H,3-8,15H2,1-2H3;1H. The van der Waals surface area contributed by atoms with Crippen LogP contribution in [-0.4, -0.2) is 44.4 Å². The number of hydrogen-bond acceptors (Lipinski definition) is 5. The van der Waals surface area contributed by atoms with E-state index in [1.54, 1.807) is 11.5 Å². The number of likely N-dealkylation sites (tertiary alicyclic amines) is 1. The minimum absolute atomic E-state index is 0. The molecule has 9 heteroatoms. The number of carbonyl (C=O) groups is 1. The SMILES string of the molecule is Cc1nc([N+](=O)[O-])cn1CCC(=O)N1CCC(C)CC1CN.Cl. The maximum Gasteiger partial charge on any atom is 0.381 e. The lowest BCUT2D eigenvalue weighted by Gasteiger charge is -2.38. The number of imidazole rings is 1. The number of nitrogens with zero attached hydrogens (tertiary/aromatic N) is 4. The molecule has 0 bridgehead atoms. The van der Waals surface area contributed by atoms with Gasteiger partial charge in [-0.05, 0) is 28.7 Å². The summed E-state index contributed by atoms with van der Waals surface area (Å²) in [6, 6.07) is 0.106. The third-order valence-electron chi connectivity index (χ3n) is 4.29. The third-order valence-corrected chi connectivity index (χ3v) is 4.29. The van der Waals surface area contributed by atoms with Gasteiger partial charge in [0.05, 0.1) is 0 Å². The summed E-state index contributed by atoms with van der Waals surface area (Å²) in [6.45, 7) is 5.49. The molecule has 0 aliphatic carbocycles. The van der Waals surface area contributed by atoms with Crippen molar-refractivity contribution in [1.29, 1.82) is 0 Å². The zero-order valence-electron chi connectivity index (χ0n) is 13.5. The van der Waals surface area contributed by atoms with Crippen molar-refractivity contribution in [3.8, 4) is 0 Å². The zero-order chi connectivity index (χ0) is 16.3. The zero-order valence-corrected chi connectivity index (χ0v) is 14.3. The quantitative estimate of drug-likeness (QED) is 0.642. The Morgan fingerprint density at radius 2 is 2.26 bits per heavy atom. The maximum atomic E-state index is 12.4. The van der Waals surface area contributed by atoms with Crippen LogP contribution >= 0.6 is 12.4 Å². The Morgan fingerprint density at radius 1 is 1.57 bits per heavy atom. The van der Waals surface area contributed by atoms with E-state index in [-0.39, 0.29) is 30.2 Å². The predicted octanol–water partition coefficient (Wildman–Crippen LogP) is 1.50. The average Bonchev–Trinajstić information content (AvgIpc) is 2.86. The summed E-state index contributed by atoms with van der Waals surface area (Å²) in [7, 11) is 0. The van der Waals surface area contributed by atoms with Gasteiger partial charge < -0.3 is 25.3 Å². The van der Waals surface area contributed by atoms with Crippen LogP contribution in [0.2, 0.25) is 0 Å². The third kappa shape index (κ3) is 4.65. The number of amides is 1. The van der Waals surface area contributed by atoms with Gasteiger partial charge in [-0.2, -0.15) is 0 Å². The number of aryl methyl sites for hydroxylation is 2. The molecule has 1 fully saturated rings. The highest BCUT2D eigenvalue weighted by Crippen LogP contribution is 2.22. The van der Waals surface area contributed by atoms with Gasteiger partial charge in [-0.1, -0.05) is 6.92 Å². The lowest BCUT2D eigenvalue weighted by atomic mass is 9.92. The molecule has 1 saturated heterocycles. The second kappa shape index (κ2) is 8.26. The van der Waals surface area contributed by atoms with Crippen molar-refractivity contribution in [2.45, 2.75) is 45.7 Å². The van der Waals surface area contributed by atoms with Crippen molar-refractivity contribution in [3.63, 3.8) is 0 Å². The van der Waals surface area contributed by atoms with Crippen molar-refractivity contribution >= 4 is 24.1 Å². The van der Waals surface area contributed by atoms with Gasteiger partial charge in [-0.25, -0.2) is 0 Å². The van der Waals surface area contributed by atoms with Gasteiger partial charge in [0.15, 0.2) is 0 Å². The van der Waals surface area contributed by atoms with E-state index in [0.717, 1.165) is 19.4 Å². The molecule has 0 spiro atoms. The van der Waals surface area contributed by atoms with Gasteiger partial charge in [0.25, 0.3) is 0 Å². The van der Waals surface area contributed by atoms with Crippen molar-refractivity contribution in [2.24, 2.45) is 11.7 Å². The minimum atomic E-state index is -0.526. The van der Waals surface area contributed by atoms with E-state index < -0.39 is 4.92 Å². The first-order valence-corrected chi connectivity index (χ1v) is 7.60. The van der Waals surface area contributed by atoms with Crippen LogP contribution < -0.4 is 5.73 Å². The first-order valence-electron chi connectivity index (χ1n) is 7.60.